The number of aromatic nitrogens is 2. The molecule has 8 nitrogen and oxygen atoms in total. The number of hydrogen-bond donors (Lipinski definition) is 3. The Hall–Kier alpha value is -4.85. The first-order valence-corrected chi connectivity index (χ1v) is 14.4. The van der Waals surface area contributed by atoms with Crippen molar-refractivity contribution in [2.75, 3.05) is 0 Å². The summed E-state index contributed by atoms with van der Waals surface area (Å²) < 4.78 is 1.92. The quantitative estimate of drug-likeness (QED) is 0.227. The van der Waals surface area contributed by atoms with Gasteiger partial charge in [-0.25, -0.2) is 0 Å². The van der Waals surface area contributed by atoms with Gasteiger partial charge in [-0.2, -0.15) is 0 Å². The maximum atomic E-state index is 14.0. The van der Waals surface area contributed by atoms with Crippen LogP contribution < -0.4 is 10.9 Å². The summed E-state index contributed by atoms with van der Waals surface area (Å²) >= 11 is 0. The van der Waals surface area contributed by atoms with Gasteiger partial charge in [0, 0.05) is 38.9 Å². The monoisotopic (exact) mass is 561 g/mol. The Bertz CT molecular complexity index is 1830. The highest BCUT2D eigenvalue weighted by Gasteiger charge is 2.45. The predicted molar refractivity (Wildman–Crippen MR) is 164 cm³/mol. The molecule has 5 aromatic rings. The third-order valence-electron chi connectivity index (χ3n) is 8.19. The van der Waals surface area contributed by atoms with E-state index >= 15 is 0 Å². The predicted octanol–water partition coefficient (Wildman–Crippen LogP) is 5.55. The van der Waals surface area contributed by atoms with Crippen LogP contribution >= 0.6 is 0 Å². The van der Waals surface area contributed by atoms with E-state index in [0.29, 0.717) is 12.0 Å². The van der Waals surface area contributed by atoms with Gasteiger partial charge in [0.2, 0.25) is 0 Å². The fourth-order valence-corrected chi connectivity index (χ4v) is 6.35. The second-order valence-electron chi connectivity index (χ2n) is 11.5. The average molecular weight is 562 g/mol. The number of para-hydroxylation sites is 2. The van der Waals surface area contributed by atoms with Gasteiger partial charge in [-0.1, -0.05) is 68.4 Å². The molecule has 0 bridgehead atoms. The zero-order chi connectivity index (χ0) is 29.5. The molecule has 3 amide bonds. The normalized spacial score (nSPS) is 15.4. The van der Waals surface area contributed by atoms with Crippen LogP contribution in [0.1, 0.15) is 59.2 Å². The summed E-state index contributed by atoms with van der Waals surface area (Å²) in [6, 6.07) is 24.2. The average Bonchev–Trinajstić information content (AvgIpc) is 3.57. The first-order chi connectivity index (χ1) is 20.2. The van der Waals surface area contributed by atoms with Gasteiger partial charge in [-0.05, 0) is 61.4 Å². The molecule has 3 N–H and O–H groups in total. The molecule has 6 rings (SSSR count). The number of aromatic amines is 1. The fraction of sp³-hybridized carbons (Fsp3) is 0.265. The molecule has 2 unspecified atom stereocenters. The fourth-order valence-electron chi connectivity index (χ4n) is 6.35. The van der Waals surface area contributed by atoms with Crippen LogP contribution in [0.3, 0.4) is 0 Å². The van der Waals surface area contributed by atoms with E-state index in [0.717, 1.165) is 44.3 Å². The molecule has 0 spiro atoms. The van der Waals surface area contributed by atoms with E-state index in [9.17, 15) is 14.4 Å². The van der Waals surface area contributed by atoms with Crippen molar-refractivity contribution in [3.8, 4) is 0 Å². The lowest BCUT2D eigenvalue weighted by Crippen LogP contribution is -2.54. The first kappa shape index (κ1) is 27.3. The van der Waals surface area contributed by atoms with Crippen LogP contribution in [0.25, 0.3) is 21.8 Å². The molecule has 3 aromatic carbocycles. The third kappa shape index (κ3) is 4.72. The first-order valence-electron chi connectivity index (χ1n) is 14.4. The van der Waals surface area contributed by atoms with Crippen LogP contribution in [-0.2, 0) is 16.1 Å². The lowest BCUT2D eigenvalue weighted by atomic mass is 9.93. The lowest BCUT2D eigenvalue weighted by Gasteiger charge is -2.34. The smallest absolute Gasteiger partial charge is 0.261 e. The van der Waals surface area contributed by atoms with Crippen LogP contribution in [0.15, 0.2) is 78.9 Å². The number of aryl methyl sites for hydroxylation is 2. The van der Waals surface area contributed by atoms with Gasteiger partial charge < -0.3 is 14.5 Å². The summed E-state index contributed by atoms with van der Waals surface area (Å²) in [5.41, 5.74) is 11.5. The van der Waals surface area contributed by atoms with E-state index in [-0.39, 0.29) is 24.3 Å². The number of rotatable bonds is 7. The number of nitrogens with one attached hydrogen (secondary N) is 3. The number of hydrogen-bond acceptors (Lipinski definition) is 3. The molecule has 1 aliphatic heterocycles. The van der Waals surface area contributed by atoms with Crippen LogP contribution in [0.5, 0.6) is 0 Å². The molecule has 214 valence electrons. The van der Waals surface area contributed by atoms with E-state index in [1.165, 1.54) is 0 Å². The topological polar surface area (TPSA) is 99.2 Å². The molecule has 2 atom stereocenters. The Morgan fingerprint density at radius 1 is 0.929 bits per heavy atom. The molecule has 0 fully saturated rings. The number of benzene rings is 3. The molecular formula is C34H35N5O3. The number of nitrogens with zero attached hydrogens (tertiary/aromatic N) is 2. The highest BCUT2D eigenvalue weighted by Crippen LogP contribution is 2.44. The molecule has 3 heterocycles. The maximum Gasteiger partial charge on any atom is 0.261 e. The molecular weight excluding hydrogens is 526 g/mol. The van der Waals surface area contributed by atoms with E-state index < -0.39 is 18.0 Å². The lowest BCUT2D eigenvalue weighted by molar-refractivity contribution is -0.132. The second-order valence-corrected chi connectivity index (χ2v) is 11.5. The Kier molecular flexibility index (Phi) is 7.06. The Morgan fingerprint density at radius 3 is 2.45 bits per heavy atom. The zero-order valence-corrected chi connectivity index (χ0v) is 24.3. The summed E-state index contributed by atoms with van der Waals surface area (Å²) in [4.78, 5) is 46.1. The Morgan fingerprint density at radius 2 is 1.64 bits per heavy atom. The van der Waals surface area contributed by atoms with Crippen LogP contribution in [0, 0.1) is 19.8 Å². The van der Waals surface area contributed by atoms with Gasteiger partial charge in [-0.15, -0.1) is 0 Å². The van der Waals surface area contributed by atoms with E-state index in [1.807, 2.05) is 111 Å². The Balaban J connectivity index is 1.31. The van der Waals surface area contributed by atoms with Crippen LogP contribution in [0.2, 0.25) is 0 Å². The van der Waals surface area contributed by atoms with Crippen LogP contribution in [0.4, 0.5) is 0 Å². The maximum absolute atomic E-state index is 14.0. The standard InChI is InChI=1S/C34H35N5O3/c1-20(2)17-29(33(41)37-36-30(40)19-38-21(3)18-23-11-5-10-16-28(23)38)39-32(24-12-6-7-13-25(24)34(39)42)31-22(4)35-27-15-9-8-14-26(27)31/h5-16,18,20,29,32,35H,17,19H2,1-4H3,(H,36,40)(H,37,41). The minimum atomic E-state index is -0.808. The summed E-state index contributed by atoms with van der Waals surface area (Å²) in [6.45, 7) is 8.06. The summed E-state index contributed by atoms with van der Waals surface area (Å²) in [5.74, 6) is -0.848. The van der Waals surface area contributed by atoms with Gasteiger partial charge in [0.05, 0.1) is 6.04 Å². The molecule has 1 aliphatic rings. The van der Waals surface area contributed by atoms with Gasteiger partial charge in [-0.3, -0.25) is 25.2 Å². The van der Waals surface area contributed by atoms with Crippen molar-refractivity contribution in [1.29, 1.82) is 0 Å². The van der Waals surface area contributed by atoms with E-state index in [1.54, 1.807) is 4.90 Å². The second kappa shape index (κ2) is 10.9. The number of carbonyl (C=O) groups is 3. The number of fused-ring (bicyclic) bond motifs is 3. The summed E-state index contributed by atoms with van der Waals surface area (Å²) in [5, 5.41) is 2.07. The molecule has 8 heteroatoms. The van der Waals surface area contributed by atoms with Crippen molar-refractivity contribution in [3.63, 3.8) is 0 Å². The summed E-state index contributed by atoms with van der Waals surface area (Å²) in [6.07, 6.45) is 0.431. The number of amides is 3. The molecule has 0 aliphatic carbocycles. The van der Waals surface area contributed by atoms with Crippen molar-refractivity contribution >= 4 is 39.5 Å². The van der Waals surface area contributed by atoms with E-state index in [2.05, 4.69) is 15.8 Å². The van der Waals surface area contributed by atoms with Crippen molar-refractivity contribution in [3.05, 3.63) is 107 Å². The van der Waals surface area contributed by atoms with Crippen molar-refractivity contribution in [1.82, 2.24) is 25.3 Å². The van der Waals surface area contributed by atoms with Crippen molar-refractivity contribution in [2.24, 2.45) is 5.92 Å². The van der Waals surface area contributed by atoms with Crippen molar-refractivity contribution < 1.29 is 14.4 Å². The highest BCUT2D eigenvalue weighted by molar-refractivity contribution is 6.03. The minimum absolute atomic E-state index is 0.0553. The molecule has 0 radical (unpaired) electrons. The SMILES string of the molecule is Cc1[nH]c2ccccc2c1C1c2ccccc2C(=O)N1C(CC(C)C)C(=O)NNC(=O)Cn1c(C)cc2ccccc21. The van der Waals surface area contributed by atoms with Gasteiger partial charge in [0.25, 0.3) is 17.7 Å². The largest absolute Gasteiger partial charge is 0.358 e. The highest BCUT2D eigenvalue weighted by atomic mass is 16.2. The molecule has 2 aromatic heterocycles. The number of carbonyl (C=O) groups excluding carboxylic acids is 3. The van der Waals surface area contributed by atoms with Gasteiger partial charge in [0.15, 0.2) is 0 Å². The number of hydrazine groups is 1. The Labute approximate surface area is 244 Å². The zero-order valence-electron chi connectivity index (χ0n) is 24.3. The van der Waals surface area contributed by atoms with Gasteiger partial charge >= 0.3 is 0 Å². The molecule has 42 heavy (non-hydrogen) atoms. The van der Waals surface area contributed by atoms with Gasteiger partial charge in [0.1, 0.15) is 12.6 Å². The molecule has 0 saturated carbocycles. The number of H-pyrrole nitrogens is 1. The summed E-state index contributed by atoms with van der Waals surface area (Å²) in [7, 11) is 0. The molecule has 0 saturated heterocycles. The third-order valence-corrected chi connectivity index (χ3v) is 8.19. The minimum Gasteiger partial charge on any atom is -0.358 e. The van der Waals surface area contributed by atoms with Crippen molar-refractivity contribution in [2.45, 2.75) is 52.7 Å². The van der Waals surface area contributed by atoms with Crippen LogP contribution in [-0.4, -0.2) is 38.2 Å². The van der Waals surface area contributed by atoms with E-state index in [4.69, 9.17) is 0 Å².